The topological polar surface area (TPSA) is 84.5 Å². The van der Waals surface area contributed by atoms with Crippen molar-refractivity contribution in [2.24, 2.45) is 0 Å². The van der Waals surface area contributed by atoms with Crippen molar-refractivity contribution >= 4 is 21.6 Å². The highest BCUT2D eigenvalue weighted by atomic mass is 32.2. The van der Waals surface area contributed by atoms with Crippen LogP contribution < -0.4 is 10.0 Å². The third-order valence-corrected chi connectivity index (χ3v) is 6.04. The number of hydrogen-bond donors (Lipinski definition) is 2. The van der Waals surface area contributed by atoms with Crippen LogP contribution in [-0.4, -0.2) is 33.6 Å². The third kappa shape index (κ3) is 5.73. The molecule has 2 aromatic carbocycles. The molecule has 3 rings (SSSR count). The molecular weight excluding hydrogens is 421 g/mol. The van der Waals surface area contributed by atoms with Crippen molar-refractivity contribution in [3.05, 3.63) is 59.7 Å². The van der Waals surface area contributed by atoms with E-state index in [4.69, 9.17) is 4.74 Å². The normalized spacial score (nSPS) is 17.0. The van der Waals surface area contributed by atoms with Crippen molar-refractivity contribution in [2.45, 2.75) is 36.4 Å². The largest absolute Gasteiger partial charge is 0.416 e. The molecule has 6 nitrogen and oxygen atoms in total. The fourth-order valence-electron chi connectivity index (χ4n) is 3.08. The molecule has 2 aromatic rings. The van der Waals surface area contributed by atoms with E-state index in [1.54, 1.807) is 0 Å². The van der Waals surface area contributed by atoms with Gasteiger partial charge in [0.1, 0.15) is 0 Å². The fourth-order valence-corrected chi connectivity index (χ4v) is 4.13. The highest BCUT2D eigenvalue weighted by molar-refractivity contribution is 7.92. The first-order chi connectivity index (χ1) is 14.1. The van der Waals surface area contributed by atoms with Gasteiger partial charge in [0.05, 0.1) is 16.6 Å². The minimum absolute atomic E-state index is 0.153. The lowest BCUT2D eigenvalue weighted by Gasteiger charge is -2.12. The van der Waals surface area contributed by atoms with Gasteiger partial charge in [-0.15, -0.1) is 0 Å². The summed E-state index contributed by atoms with van der Waals surface area (Å²) >= 11 is 0. The molecule has 1 amide bonds. The molecule has 1 aliphatic heterocycles. The van der Waals surface area contributed by atoms with Gasteiger partial charge >= 0.3 is 6.18 Å². The molecule has 1 saturated heterocycles. The van der Waals surface area contributed by atoms with Crippen molar-refractivity contribution in [3.63, 3.8) is 0 Å². The van der Waals surface area contributed by atoms with Crippen LogP contribution in [0.3, 0.4) is 0 Å². The molecule has 10 heteroatoms. The van der Waals surface area contributed by atoms with E-state index in [1.165, 1.54) is 30.3 Å². The predicted molar refractivity (Wildman–Crippen MR) is 105 cm³/mol. The Balaban J connectivity index is 1.62. The van der Waals surface area contributed by atoms with Crippen LogP contribution in [0.15, 0.2) is 53.4 Å². The number of carbonyl (C=O) groups excluding carboxylic acids is 1. The highest BCUT2D eigenvalue weighted by Crippen LogP contribution is 2.31. The van der Waals surface area contributed by atoms with Crippen molar-refractivity contribution in [1.29, 1.82) is 0 Å². The number of rotatable bonds is 7. The Kier molecular flexibility index (Phi) is 6.67. The lowest BCUT2D eigenvalue weighted by Crippen LogP contribution is -2.27. The number of ether oxygens (including phenoxy) is 1. The molecule has 0 unspecified atom stereocenters. The fraction of sp³-hybridized carbons (Fsp3) is 0.350. The Morgan fingerprint density at radius 3 is 2.50 bits per heavy atom. The Morgan fingerprint density at radius 1 is 1.13 bits per heavy atom. The van der Waals surface area contributed by atoms with Gasteiger partial charge in [0, 0.05) is 24.4 Å². The minimum atomic E-state index is -4.58. The summed E-state index contributed by atoms with van der Waals surface area (Å²) in [7, 11) is -4.11. The third-order valence-electron chi connectivity index (χ3n) is 4.64. The second kappa shape index (κ2) is 9.05. The zero-order valence-corrected chi connectivity index (χ0v) is 16.7. The maximum atomic E-state index is 12.8. The highest BCUT2D eigenvalue weighted by Gasteiger charge is 2.30. The van der Waals surface area contributed by atoms with Crippen molar-refractivity contribution in [1.82, 2.24) is 5.32 Å². The summed E-state index contributed by atoms with van der Waals surface area (Å²) in [5.41, 5.74) is -0.890. The van der Waals surface area contributed by atoms with Crippen LogP contribution in [0.1, 0.15) is 35.2 Å². The Hall–Kier alpha value is -2.59. The van der Waals surface area contributed by atoms with Gasteiger partial charge < -0.3 is 10.1 Å². The van der Waals surface area contributed by atoms with Gasteiger partial charge in [0.15, 0.2) is 0 Å². The molecule has 0 saturated carbocycles. The smallest absolute Gasteiger partial charge is 0.378 e. The molecule has 0 radical (unpaired) electrons. The molecule has 1 heterocycles. The summed E-state index contributed by atoms with van der Waals surface area (Å²) in [6.07, 6.45) is -1.73. The molecule has 1 fully saturated rings. The Labute approximate surface area is 172 Å². The number of halogens is 3. The summed E-state index contributed by atoms with van der Waals surface area (Å²) in [5.74, 6) is -0.345. The lowest BCUT2D eigenvalue weighted by molar-refractivity contribution is -0.137. The average Bonchev–Trinajstić information content (AvgIpc) is 3.21. The predicted octanol–water partition coefficient (Wildman–Crippen LogP) is 3.81. The van der Waals surface area contributed by atoms with E-state index < -0.39 is 21.8 Å². The molecule has 0 aliphatic carbocycles. The van der Waals surface area contributed by atoms with Crippen LogP contribution in [0.4, 0.5) is 18.9 Å². The van der Waals surface area contributed by atoms with Crippen LogP contribution in [0, 0.1) is 0 Å². The maximum Gasteiger partial charge on any atom is 0.416 e. The van der Waals surface area contributed by atoms with Crippen molar-refractivity contribution < 1.29 is 31.1 Å². The van der Waals surface area contributed by atoms with Crippen molar-refractivity contribution in [3.8, 4) is 0 Å². The van der Waals surface area contributed by atoms with Gasteiger partial charge in [-0.25, -0.2) is 8.42 Å². The molecule has 2 N–H and O–H groups in total. The second-order valence-electron chi connectivity index (χ2n) is 6.89. The second-order valence-corrected chi connectivity index (χ2v) is 8.57. The number of hydrogen-bond acceptors (Lipinski definition) is 4. The first kappa shape index (κ1) is 22.1. The monoisotopic (exact) mass is 442 g/mol. The molecule has 0 bridgehead atoms. The number of alkyl halides is 3. The summed E-state index contributed by atoms with van der Waals surface area (Å²) in [5, 5.41) is 2.75. The number of benzene rings is 2. The van der Waals surface area contributed by atoms with Gasteiger partial charge in [-0.2, -0.15) is 13.2 Å². The SMILES string of the molecule is O=C(NCC[C@H]1CCCO1)c1ccc(S(=O)(=O)Nc2cccc(C(F)(F)F)c2)cc1. The lowest BCUT2D eigenvalue weighted by atomic mass is 10.1. The van der Waals surface area contributed by atoms with Gasteiger partial charge in [-0.05, 0) is 61.7 Å². The molecule has 0 spiro atoms. The molecule has 1 atom stereocenters. The van der Waals surface area contributed by atoms with Gasteiger partial charge in [0.25, 0.3) is 15.9 Å². The molecule has 162 valence electrons. The summed E-state index contributed by atoms with van der Waals surface area (Å²) in [4.78, 5) is 12.0. The number of nitrogens with one attached hydrogen (secondary N) is 2. The molecule has 30 heavy (non-hydrogen) atoms. The molecule has 1 aliphatic rings. The quantitative estimate of drug-likeness (QED) is 0.683. The summed E-state index contributed by atoms with van der Waals surface area (Å²) < 4.78 is 70.9. The first-order valence-corrected chi connectivity index (χ1v) is 10.8. The van der Waals surface area contributed by atoms with Crippen molar-refractivity contribution in [2.75, 3.05) is 17.9 Å². The summed E-state index contributed by atoms with van der Waals surface area (Å²) in [6.45, 7) is 1.18. The zero-order valence-electron chi connectivity index (χ0n) is 15.9. The number of sulfonamides is 1. The minimum Gasteiger partial charge on any atom is -0.378 e. The van der Waals surface area contributed by atoms with E-state index in [2.05, 4.69) is 10.0 Å². The van der Waals surface area contributed by atoms with E-state index in [0.29, 0.717) is 19.0 Å². The number of carbonyl (C=O) groups is 1. The van der Waals surface area contributed by atoms with E-state index in [0.717, 1.165) is 31.6 Å². The molecular formula is C20H21F3N2O4S. The number of anilines is 1. The molecule has 0 aromatic heterocycles. The van der Waals surface area contributed by atoms with Crippen LogP contribution in [0.5, 0.6) is 0 Å². The number of amides is 1. The van der Waals surface area contributed by atoms with Gasteiger partial charge in [0.2, 0.25) is 0 Å². The van der Waals surface area contributed by atoms with Crippen LogP contribution in [0.2, 0.25) is 0 Å². The van der Waals surface area contributed by atoms with Crippen LogP contribution in [-0.2, 0) is 20.9 Å². The first-order valence-electron chi connectivity index (χ1n) is 9.35. The van der Waals surface area contributed by atoms with Crippen LogP contribution >= 0.6 is 0 Å². The van der Waals surface area contributed by atoms with E-state index in [1.807, 2.05) is 0 Å². The van der Waals surface area contributed by atoms with E-state index in [9.17, 15) is 26.4 Å². The van der Waals surface area contributed by atoms with E-state index in [-0.39, 0.29) is 28.2 Å². The maximum absolute atomic E-state index is 12.8. The standard InChI is InChI=1S/C20H21F3N2O4S/c21-20(22,23)15-3-1-4-16(13-15)25-30(27,28)18-8-6-14(7-9-18)19(26)24-11-10-17-5-2-12-29-17/h1,3-4,6-9,13,17,25H,2,5,10-12H2,(H,24,26)/t17-/m1/s1. The van der Waals surface area contributed by atoms with Gasteiger partial charge in [-0.3, -0.25) is 9.52 Å². The summed E-state index contributed by atoms with van der Waals surface area (Å²) in [6, 6.07) is 9.06. The van der Waals surface area contributed by atoms with Crippen LogP contribution in [0.25, 0.3) is 0 Å². The zero-order chi connectivity index (χ0) is 21.8. The average molecular weight is 442 g/mol. The Bertz CT molecular complexity index is 986. The van der Waals surface area contributed by atoms with E-state index >= 15 is 0 Å². The van der Waals surface area contributed by atoms with Gasteiger partial charge in [-0.1, -0.05) is 6.07 Å². The Morgan fingerprint density at radius 2 is 1.87 bits per heavy atom.